The molecule has 96 valence electrons. The highest BCUT2D eigenvalue weighted by molar-refractivity contribution is 6.31. The second-order valence-electron chi connectivity index (χ2n) is 4.37. The van der Waals surface area contributed by atoms with Crippen molar-refractivity contribution >= 4 is 23.2 Å². The Kier molecular flexibility index (Phi) is 3.52. The van der Waals surface area contributed by atoms with Crippen LogP contribution < -0.4 is 0 Å². The van der Waals surface area contributed by atoms with Crippen molar-refractivity contribution in [2.45, 2.75) is 26.7 Å². The normalized spacial score (nSPS) is 14.2. The van der Waals surface area contributed by atoms with Gasteiger partial charge in [-0.2, -0.15) is 5.10 Å². The third-order valence-corrected chi connectivity index (χ3v) is 3.22. The average Bonchev–Trinajstić information content (AvgIpc) is 3.05. The van der Waals surface area contributed by atoms with Crippen molar-refractivity contribution in [2.24, 2.45) is 5.92 Å². The van der Waals surface area contributed by atoms with E-state index in [2.05, 4.69) is 10.1 Å². The minimum atomic E-state index is -0.630. The molecular weight excluding hydrogens is 254 g/mol. The monoisotopic (exact) mass is 267 g/mol. The predicted molar refractivity (Wildman–Crippen MR) is 67.8 cm³/mol. The maximum absolute atomic E-state index is 9.76. The van der Waals surface area contributed by atoms with Crippen molar-refractivity contribution in [1.82, 2.24) is 14.6 Å². The number of rotatable bonds is 1. The zero-order valence-electron chi connectivity index (χ0n) is 10.2. The molecule has 2 aromatic heterocycles. The van der Waals surface area contributed by atoms with Crippen molar-refractivity contribution in [2.75, 3.05) is 0 Å². The first-order valence-electron chi connectivity index (χ1n) is 5.69. The lowest BCUT2D eigenvalue weighted by atomic mass is 10.2. The molecule has 0 aromatic carbocycles. The van der Waals surface area contributed by atoms with Crippen LogP contribution in [0.25, 0.3) is 5.65 Å². The summed E-state index contributed by atoms with van der Waals surface area (Å²) >= 11 is 5.96. The number of aryl methyl sites for hydroxylation is 2. The summed E-state index contributed by atoms with van der Waals surface area (Å²) in [5.41, 5.74) is 2.84. The van der Waals surface area contributed by atoms with E-state index in [1.54, 1.807) is 4.52 Å². The molecule has 1 fully saturated rings. The topological polar surface area (TPSA) is 67.5 Å². The van der Waals surface area contributed by atoms with E-state index in [9.17, 15) is 4.79 Å². The molecule has 0 saturated heterocycles. The molecule has 0 radical (unpaired) electrons. The molecule has 18 heavy (non-hydrogen) atoms. The summed E-state index contributed by atoms with van der Waals surface area (Å²) in [5.74, 6) is -0.611. The van der Waals surface area contributed by atoms with Gasteiger partial charge in [-0.15, -0.1) is 0 Å². The van der Waals surface area contributed by atoms with Gasteiger partial charge >= 0.3 is 5.97 Å². The number of nitrogens with zero attached hydrogens (tertiary/aromatic N) is 3. The first-order valence-corrected chi connectivity index (χ1v) is 6.06. The number of carbonyl (C=O) groups is 1. The molecular formula is C12H14ClN3O2. The molecule has 0 spiro atoms. The number of aromatic nitrogens is 3. The van der Waals surface area contributed by atoms with Gasteiger partial charge in [-0.05, 0) is 38.3 Å². The van der Waals surface area contributed by atoms with E-state index in [1.165, 1.54) is 6.33 Å². The molecule has 5 nitrogen and oxygen atoms in total. The van der Waals surface area contributed by atoms with Crippen molar-refractivity contribution < 1.29 is 9.90 Å². The Labute approximate surface area is 109 Å². The number of aliphatic carboxylic acids is 1. The fourth-order valence-electron chi connectivity index (χ4n) is 1.55. The second kappa shape index (κ2) is 4.94. The van der Waals surface area contributed by atoms with Crippen LogP contribution >= 0.6 is 11.6 Å². The first-order chi connectivity index (χ1) is 8.50. The van der Waals surface area contributed by atoms with Crippen molar-refractivity contribution in [3.05, 3.63) is 28.7 Å². The van der Waals surface area contributed by atoms with Crippen molar-refractivity contribution in [3.8, 4) is 0 Å². The second-order valence-corrected chi connectivity index (χ2v) is 4.78. The lowest BCUT2D eigenvalue weighted by molar-refractivity contribution is -0.138. The van der Waals surface area contributed by atoms with Crippen LogP contribution in [0.3, 0.4) is 0 Å². The highest BCUT2D eigenvalue weighted by atomic mass is 35.5. The summed E-state index contributed by atoms with van der Waals surface area (Å²) < 4.78 is 1.75. The predicted octanol–water partition coefficient (Wildman–Crippen LogP) is 2.48. The number of hydrogen-bond acceptors (Lipinski definition) is 3. The fraction of sp³-hybridized carbons (Fsp3) is 0.417. The summed E-state index contributed by atoms with van der Waals surface area (Å²) in [6.45, 7) is 3.89. The van der Waals surface area contributed by atoms with Gasteiger partial charge in [0.15, 0.2) is 5.65 Å². The molecule has 1 saturated carbocycles. The van der Waals surface area contributed by atoms with Gasteiger partial charge in [-0.3, -0.25) is 4.79 Å². The Bertz CT molecular complexity index is 590. The lowest BCUT2D eigenvalue weighted by Gasteiger charge is -2.02. The molecule has 2 heterocycles. The summed E-state index contributed by atoms with van der Waals surface area (Å²) in [4.78, 5) is 13.9. The van der Waals surface area contributed by atoms with Gasteiger partial charge < -0.3 is 5.11 Å². The number of pyridine rings is 1. The molecule has 1 N–H and O–H groups in total. The largest absolute Gasteiger partial charge is 0.481 e. The average molecular weight is 268 g/mol. The zero-order chi connectivity index (χ0) is 13.3. The molecule has 0 atom stereocenters. The Morgan fingerprint density at radius 3 is 2.67 bits per heavy atom. The number of carboxylic acid groups (broad SMARTS) is 1. The third-order valence-electron chi connectivity index (χ3n) is 2.83. The van der Waals surface area contributed by atoms with Gasteiger partial charge in [0.25, 0.3) is 0 Å². The van der Waals surface area contributed by atoms with E-state index in [1.807, 2.05) is 19.9 Å². The van der Waals surface area contributed by atoms with Crippen LogP contribution in [0.2, 0.25) is 5.02 Å². The Morgan fingerprint density at radius 1 is 1.50 bits per heavy atom. The number of halogens is 1. The van der Waals surface area contributed by atoms with Gasteiger partial charge in [0.2, 0.25) is 0 Å². The Balaban J connectivity index is 0.000000169. The van der Waals surface area contributed by atoms with Crippen LogP contribution in [0.4, 0.5) is 0 Å². The molecule has 0 aliphatic heterocycles. The fourth-order valence-corrected chi connectivity index (χ4v) is 1.79. The van der Waals surface area contributed by atoms with Gasteiger partial charge in [0.05, 0.1) is 16.6 Å². The minimum absolute atomic E-state index is 0.0185. The summed E-state index contributed by atoms with van der Waals surface area (Å²) in [6.07, 6.45) is 3.33. The number of carboxylic acids is 1. The van der Waals surface area contributed by atoms with E-state index in [0.717, 1.165) is 34.8 Å². The van der Waals surface area contributed by atoms with E-state index in [0.29, 0.717) is 0 Å². The van der Waals surface area contributed by atoms with Crippen molar-refractivity contribution in [3.63, 3.8) is 0 Å². The first kappa shape index (κ1) is 12.8. The molecule has 0 amide bonds. The highest BCUT2D eigenvalue weighted by Gasteiger charge is 2.28. The van der Waals surface area contributed by atoms with Gasteiger partial charge in [0, 0.05) is 0 Å². The van der Waals surface area contributed by atoms with Gasteiger partial charge in [-0.1, -0.05) is 11.6 Å². The van der Waals surface area contributed by atoms with Gasteiger partial charge in [-0.25, -0.2) is 9.50 Å². The van der Waals surface area contributed by atoms with Crippen LogP contribution in [-0.2, 0) is 4.79 Å². The summed E-state index contributed by atoms with van der Waals surface area (Å²) in [7, 11) is 0. The van der Waals surface area contributed by atoms with E-state index in [4.69, 9.17) is 16.7 Å². The lowest BCUT2D eigenvalue weighted by Crippen LogP contribution is -1.96. The van der Waals surface area contributed by atoms with E-state index < -0.39 is 5.97 Å². The number of fused-ring (bicyclic) bond motifs is 1. The minimum Gasteiger partial charge on any atom is -0.481 e. The molecule has 6 heteroatoms. The maximum Gasteiger partial charge on any atom is 0.306 e. The van der Waals surface area contributed by atoms with Crippen LogP contribution in [0.1, 0.15) is 24.1 Å². The quantitative estimate of drug-likeness (QED) is 0.862. The Hall–Kier alpha value is -1.62. The smallest absolute Gasteiger partial charge is 0.306 e. The Morgan fingerprint density at radius 2 is 2.17 bits per heavy atom. The van der Waals surface area contributed by atoms with Crippen LogP contribution in [-0.4, -0.2) is 25.7 Å². The van der Waals surface area contributed by atoms with Crippen LogP contribution in [0, 0.1) is 19.8 Å². The highest BCUT2D eigenvalue weighted by Crippen LogP contribution is 2.28. The standard InChI is InChI=1S/C8H8ClN3.C4H6O2/c1-5-3-7(9)6(2)12-8(5)10-4-11-12;5-4(6)3-1-2-3/h3-4H,1-2H3;3H,1-2H2,(H,5,6). The van der Waals surface area contributed by atoms with Crippen LogP contribution in [0.5, 0.6) is 0 Å². The molecule has 1 aliphatic rings. The SMILES string of the molecule is Cc1cc(Cl)c(C)n2ncnc12.O=C(O)C1CC1. The van der Waals surface area contributed by atoms with Gasteiger partial charge in [0.1, 0.15) is 6.33 Å². The zero-order valence-corrected chi connectivity index (χ0v) is 11.0. The molecule has 0 bridgehead atoms. The molecule has 1 aliphatic carbocycles. The maximum atomic E-state index is 9.76. The molecule has 3 rings (SSSR count). The van der Waals surface area contributed by atoms with E-state index in [-0.39, 0.29) is 5.92 Å². The van der Waals surface area contributed by atoms with Crippen molar-refractivity contribution in [1.29, 1.82) is 0 Å². The van der Waals surface area contributed by atoms with Crippen LogP contribution in [0.15, 0.2) is 12.4 Å². The molecule has 2 aromatic rings. The molecule has 0 unspecified atom stereocenters. The summed E-state index contributed by atoms with van der Waals surface area (Å²) in [5, 5.41) is 12.8. The van der Waals surface area contributed by atoms with E-state index >= 15 is 0 Å². The summed E-state index contributed by atoms with van der Waals surface area (Å²) in [6, 6.07) is 1.90. The third kappa shape index (κ3) is 2.61. The number of hydrogen-bond donors (Lipinski definition) is 1.